The van der Waals surface area contributed by atoms with E-state index >= 15 is 0 Å². The molecule has 0 fully saturated rings. The lowest BCUT2D eigenvalue weighted by atomic mass is 9.96. The van der Waals surface area contributed by atoms with Crippen LogP contribution < -0.4 is 0 Å². The van der Waals surface area contributed by atoms with Gasteiger partial charge in [0.2, 0.25) is 0 Å². The molecule has 1 N–H and O–H groups in total. The van der Waals surface area contributed by atoms with Gasteiger partial charge in [0.05, 0.1) is 6.42 Å². The number of carboxylic acids is 1. The standard InChI is InChI=1S/C16H17NO2/c1-12(9-16(18)19)15-6-4-13(5-7-15)10-14-3-2-8-17-11-14/h2-8,11-12H,9-10H2,1H3,(H,18,19). The van der Waals surface area contributed by atoms with Gasteiger partial charge in [-0.3, -0.25) is 9.78 Å². The first-order valence-corrected chi connectivity index (χ1v) is 6.34. The van der Waals surface area contributed by atoms with Gasteiger partial charge in [-0.1, -0.05) is 37.3 Å². The van der Waals surface area contributed by atoms with Crippen molar-refractivity contribution in [3.63, 3.8) is 0 Å². The first kappa shape index (κ1) is 13.3. The van der Waals surface area contributed by atoms with E-state index < -0.39 is 5.97 Å². The predicted octanol–water partition coefficient (Wildman–Crippen LogP) is 3.25. The molecule has 0 amide bonds. The van der Waals surface area contributed by atoms with Crippen molar-refractivity contribution in [2.75, 3.05) is 0 Å². The molecule has 3 heteroatoms. The van der Waals surface area contributed by atoms with Gasteiger partial charge in [-0.2, -0.15) is 0 Å². The van der Waals surface area contributed by atoms with Crippen LogP contribution in [0.2, 0.25) is 0 Å². The van der Waals surface area contributed by atoms with Gasteiger partial charge in [0, 0.05) is 12.4 Å². The van der Waals surface area contributed by atoms with Crippen molar-refractivity contribution in [2.24, 2.45) is 0 Å². The van der Waals surface area contributed by atoms with Gasteiger partial charge >= 0.3 is 5.97 Å². The fourth-order valence-electron chi connectivity index (χ4n) is 2.08. The Hall–Kier alpha value is -2.16. The molecular formula is C16H17NO2. The zero-order valence-electron chi connectivity index (χ0n) is 10.9. The number of pyridine rings is 1. The lowest BCUT2D eigenvalue weighted by Crippen LogP contribution is -2.02. The lowest BCUT2D eigenvalue weighted by Gasteiger charge is -2.10. The Labute approximate surface area is 112 Å². The molecule has 0 saturated heterocycles. The second-order valence-electron chi connectivity index (χ2n) is 4.78. The van der Waals surface area contributed by atoms with Crippen molar-refractivity contribution in [1.29, 1.82) is 0 Å². The fourth-order valence-corrected chi connectivity index (χ4v) is 2.08. The van der Waals surface area contributed by atoms with Gasteiger partial charge in [0.1, 0.15) is 0 Å². The van der Waals surface area contributed by atoms with Gasteiger partial charge < -0.3 is 5.11 Å². The van der Waals surface area contributed by atoms with E-state index in [9.17, 15) is 4.79 Å². The average molecular weight is 255 g/mol. The van der Waals surface area contributed by atoms with Crippen LogP contribution in [-0.4, -0.2) is 16.1 Å². The topological polar surface area (TPSA) is 50.2 Å². The Morgan fingerprint density at radius 1 is 1.21 bits per heavy atom. The van der Waals surface area contributed by atoms with E-state index in [0.717, 1.165) is 12.0 Å². The summed E-state index contributed by atoms with van der Waals surface area (Å²) in [6.45, 7) is 1.93. The number of carboxylic acid groups (broad SMARTS) is 1. The van der Waals surface area contributed by atoms with E-state index in [1.54, 1.807) is 6.20 Å². The number of aliphatic carboxylic acids is 1. The number of aromatic nitrogens is 1. The molecule has 1 heterocycles. The molecule has 0 bridgehead atoms. The molecule has 3 nitrogen and oxygen atoms in total. The Kier molecular flexibility index (Phi) is 4.29. The van der Waals surface area contributed by atoms with Gasteiger partial charge in [0.15, 0.2) is 0 Å². The summed E-state index contributed by atoms with van der Waals surface area (Å²) in [6.07, 6.45) is 4.64. The highest BCUT2D eigenvalue weighted by Gasteiger charge is 2.09. The van der Waals surface area contributed by atoms with Crippen LogP contribution in [-0.2, 0) is 11.2 Å². The smallest absolute Gasteiger partial charge is 0.303 e. The molecule has 1 aromatic heterocycles. The Balaban J connectivity index is 2.04. The van der Waals surface area contributed by atoms with Crippen molar-refractivity contribution in [1.82, 2.24) is 4.98 Å². The summed E-state index contributed by atoms with van der Waals surface area (Å²) < 4.78 is 0. The summed E-state index contributed by atoms with van der Waals surface area (Å²) in [6, 6.07) is 12.1. The molecule has 2 aromatic rings. The summed E-state index contributed by atoms with van der Waals surface area (Å²) in [5.74, 6) is -0.711. The molecule has 0 aliphatic rings. The fraction of sp³-hybridized carbons (Fsp3) is 0.250. The molecule has 98 valence electrons. The van der Waals surface area contributed by atoms with Crippen LogP contribution in [0.4, 0.5) is 0 Å². The maximum absolute atomic E-state index is 10.7. The van der Waals surface area contributed by atoms with Gasteiger partial charge in [-0.15, -0.1) is 0 Å². The average Bonchev–Trinajstić information content (AvgIpc) is 2.40. The van der Waals surface area contributed by atoms with Crippen LogP contribution in [0.15, 0.2) is 48.8 Å². The van der Waals surface area contributed by atoms with Gasteiger partial charge in [-0.05, 0) is 35.1 Å². The molecule has 0 radical (unpaired) electrons. The van der Waals surface area contributed by atoms with Crippen LogP contribution in [0.1, 0.15) is 36.0 Å². The van der Waals surface area contributed by atoms with E-state index in [0.29, 0.717) is 0 Å². The molecule has 0 spiro atoms. The lowest BCUT2D eigenvalue weighted by molar-refractivity contribution is -0.137. The quantitative estimate of drug-likeness (QED) is 0.892. The minimum Gasteiger partial charge on any atom is -0.481 e. The highest BCUT2D eigenvalue weighted by atomic mass is 16.4. The monoisotopic (exact) mass is 255 g/mol. The number of nitrogens with zero attached hydrogens (tertiary/aromatic N) is 1. The molecule has 19 heavy (non-hydrogen) atoms. The summed E-state index contributed by atoms with van der Waals surface area (Å²) in [4.78, 5) is 14.8. The highest BCUT2D eigenvalue weighted by molar-refractivity contribution is 5.67. The Bertz CT molecular complexity index is 534. The second-order valence-corrected chi connectivity index (χ2v) is 4.78. The van der Waals surface area contributed by atoms with Crippen molar-refractivity contribution in [2.45, 2.75) is 25.7 Å². The van der Waals surface area contributed by atoms with Crippen molar-refractivity contribution < 1.29 is 9.90 Å². The third-order valence-electron chi connectivity index (χ3n) is 3.16. The third kappa shape index (κ3) is 3.91. The SMILES string of the molecule is CC(CC(=O)O)c1ccc(Cc2cccnc2)cc1. The number of hydrogen-bond donors (Lipinski definition) is 1. The number of benzene rings is 1. The van der Waals surface area contributed by atoms with Crippen LogP contribution in [0.3, 0.4) is 0 Å². The summed E-state index contributed by atoms with van der Waals surface area (Å²) in [7, 11) is 0. The normalized spacial score (nSPS) is 12.1. The zero-order chi connectivity index (χ0) is 13.7. The van der Waals surface area contributed by atoms with Gasteiger partial charge in [-0.25, -0.2) is 0 Å². The molecule has 0 aliphatic heterocycles. The molecular weight excluding hydrogens is 238 g/mol. The van der Waals surface area contributed by atoms with E-state index in [2.05, 4.69) is 17.1 Å². The molecule has 1 atom stereocenters. The number of carbonyl (C=O) groups is 1. The van der Waals surface area contributed by atoms with Crippen LogP contribution in [0, 0.1) is 0 Å². The van der Waals surface area contributed by atoms with Crippen LogP contribution in [0.25, 0.3) is 0 Å². The maximum atomic E-state index is 10.7. The van der Waals surface area contributed by atoms with E-state index in [-0.39, 0.29) is 12.3 Å². The molecule has 1 aromatic carbocycles. The van der Waals surface area contributed by atoms with Crippen molar-refractivity contribution >= 4 is 5.97 Å². The first-order valence-electron chi connectivity index (χ1n) is 6.34. The van der Waals surface area contributed by atoms with Crippen LogP contribution in [0.5, 0.6) is 0 Å². The molecule has 1 unspecified atom stereocenters. The molecule has 0 aliphatic carbocycles. The van der Waals surface area contributed by atoms with Crippen molar-refractivity contribution in [3.8, 4) is 0 Å². The predicted molar refractivity (Wildman–Crippen MR) is 74.2 cm³/mol. The first-order chi connectivity index (χ1) is 9.15. The van der Waals surface area contributed by atoms with E-state index in [1.165, 1.54) is 11.1 Å². The van der Waals surface area contributed by atoms with Crippen LogP contribution >= 0.6 is 0 Å². The minimum atomic E-state index is -0.757. The Morgan fingerprint density at radius 2 is 1.95 bits per heavy atom. The largest absolute Gasteiger partial charge is 0.481 e. The maximum Gasteiger partial charge on any atom is 0.303 e. The minimum absolute atomic E-state index is 0.0462. The zero-order valence-corrected chi connectivity index (χ0v) is 10.9. The van der Waals surface area contributed by atoms with E-state index in [4.69, 9.17) is 5.11 Å². The molecule has 2 rings (SSSR count). The Morgan fingerprint density at radius 3 is 2.53 bits per heavy atom. The molecule has 0 saturated carbocycles. The number of hydrogen-bond acceptors (Lipinski definition) is 2. The summed E-state index contributed by atoms with van der Waals surface area (Å²) in [5.41, 5.74) is 3.45. The van der Waals surface area contributed by atoms with E-state index in [1.807, 2.05) is 37.4 Å². The highest BCUT2D eigenvalue weighted by Crippen LogP contribution is 2.20. The summed E-state index contributed by atoms with van der Waals surface area (Å²) in [5, 5.41) is 8.79. The summed E-state index contributed by atoms with van der Waals surface area (Å²) >= 11 is 0. The second kappa shape index (κ2) is 6.14. The van der Waals surface area contributed by atoms with Gasteiger partial charge in [0.25, 0.3) is 0 Å². The third-order valence-corrected chi connectivity index (χ3v) is 3.16. The number of rotatable bonds is 5. The van der Waals surface area contributed by atoms with Crippen molar-refractivity contribution in [3.05, 3.63) is 65.5 Å².